The lowest BCUT2D eigenvalue weighted by molar-refractivity contribution is -0.278. The van der Waals surface area contributed by atoms with E-state index >= 15 is 0 Å². The summed E-state index contributed by atoms with van der Waals surface area (Å²) in [4.78, 5) is 10.6. The van der Waals surface area contributed by atoms with Gasteiger partial charge in [0.15, 0.2) is 0 Å². The molecule has 0 rings (SSSR count). The number of hydrogen-bond donors (Lipinski definition) is 0. The number of rotatable bonds is 6. The molecule has 0 aliphatic heterocycles. The summed E-state index contributed by atoms with van der Waals surface area (Å²) in [5, 5.41) is 0. The highest BCUT2D eigenvalue weighted by molar-refractivity contribution is 7.42. The fourth-order valence-electron chi connectivity index (χ4n) is 0.380. The lowest BCUT2D eigenvalue weighted by atomic mass is 10.7. The predicted molar refractivity (Wildman–Crippen MR) is 46.5 cm³/mol. The van der Waals surface area contributed by atoms with E-state index in [2.05, 4.69) is 26.7 Å². The fourth-order valence-corrected chi connectivity index (χ4v) is 1.14. The van der Waals surface area contributed by atoms with Gasteiger partial charge in [-0.25, -0.2) is 9.32 Å². The normalized spacial score (nSPS) is 13.0. The molecule has 0 aliphatic rings. The smallest absolute Gasteiger partial charge is 0.391 e. The maximum atomic E-state index is 11.8. The fraction of sp³-hybridized carbons (Fsp3) is 0.286. The Bertz CT molecular complexity index is 241. The number of halogens is 3. The van der Waals surface area contributed by atoms with Crippen molar-refractivity contribution in [2.75, 3.05) is 6.61 Å². The van der Waals surface area contributed by atoms with Crippen LogP contribution in [0.2, 0.25) is 0 Å². The van der Waals surface area contributed by atoms with Crippen molar-refractivity contribution in [3.8, 4) is 0 Å². The van der Waals surface area contributed by atoms with Crippen LogP contribution >= 0.6 is 8.60 Å². The molecule has 0 radical (unpaired) electrons. The van der Waals surface area contributed by atoms with E-state index in [4.69, 9.17) is 0 Å². The molecule has 0 N–H and O–H groups in total. The van der Waals surface area contributed by atoms with Gasteiger partial charge in [-0.15, -0.1) is 19.8 Å². The first-order valence-electron chi connectivity index (χ1n) is 3.53. The first-order chi connectivity index (χ1) is 6.89. The second-order valence-electron chi connectivity index (χ2n) is 1.96. The Hall–Kier alpha value is -0.910. The summed E-state index contributed by atoms with van der Waals surface area (Å²) < 4.78 is 47.3. The topological polar surface area (TPSA) is 44.8 Å². The molecule has 0 bridgehead atoms. The molecule has 0 heterocycles. The molecule has 4 nitrogen and oxygen atoms in total. The van der Waals surface area contributed by atoms with Crippen LogP contribution in [0.3, 0.4) is 0 Å². The van der Waals surface area contributed by atoms with Crippen molar-refractivity contribution in [1.82, 2.24) is 0 Å². The van der Waals surface area contributed by atoms with E-state index in [0.717, 1.165) is 0 Å². The van der Waals surface area contributed by atoms with Gasteiger partial charge in [-0.05, 0) is 0 Å². The minimum absolute atomic E-state index is 0.230. The standard InChI is InChI=1S/C7H8F3O4P/c1-3-5-12-15(13-6(11)4-2)14-7(8,9)10/h3-4H,1-2,5H2. The van der Waals surface area contributed by atoms with E-state index in [-0.39, 0.29) is 6.61 Å². The summed E-state index contributed by atoms with van der Waals surface area (Å²) in [7, 11) is -2.82. The number of alkyl halides is 3. The molecule has 86 valence electrons. The summed E-state index contributed by atoms with van der Waals surface area (Å²) in [6.07, 6.45) is -3.04. The summed E-state index contributed by atoms with van der Waals surface area (Å²) >= 11 is 0. The Morgan fingerprint density at radius 2 is 2.00 bits per heavy atom. The van der Waals surface area contributed by atoms with Crippen LogP contribution in [0.5, 0.6) is 0 Å². The Morgan fingerprint density at radius 3 is 2.40 bits per heavy atom. The number of carbonyl (C=O) groups excluding carboxylic acids is 1. The molecule has 1 atom stereocenters. The first-order valence-corrected chi connectivity index (χ1v) is 4.62. The van der Waals surface area contributed by atoms with Crippen molar-refractivity contribution in [2.24, 2.45) is 0 Å². The summed E-state index contributed by atoms with van der Waals surface area (Å²) in [5.41, 5.74) is 0. The van der Waals surface area contributed by atoms with E-state index in [0.29, 0.717) is 6.08 Å². The Morgan fingerprint density at radius 1 is 1.40 bits per heavy atom. The molecule has 0 saturated carbocycles. The summed E-state index contributed by atoms with van der Waals surface area (Å²) in [6, 6.07) is 0. The lowest BCUT2D eigenvalue weighted by Crippen LogP contribution is -2.13. The van der Waals surface area contributed by atoms with Crippen LogP contribution in [0.15, 0.2) is 25.3 Å². The van der Waals surface area contributed by atoms with Crippen molar-refractivity contribution in [3.63, 3.8) is 0 Å². The van der Waals surface area contributed by atoms with Gasteiger partial charge in [-0.1, -0.05) is 12.7 Å². The third kappa shape index (κ3) is 8.11. The van der Waals surface area contributed by atoms with Gasteiger partial charge in [0.2, 0.25) is 0 Å². The van der Waals surface area contributed by atoms with Gasteiger partial charge in [0.05, 0.1) is 6.61 Å². The molecule has 0 spiro atoms. The molecule has 8 heteroatoms. The summed E-state index contributed by atoms with van der Waals surface area (Å²) in [6.45, 7) is 6.00. The third-order valence-electron chi connectivity index (χ3n) is 0.807. The van der Waals surface area contributed by atoms with Crippen molar-refractivity contribution >= 4 is 14.6 Å². The maximum absolute atomic E-state index is 11.8. The molecular weight excluding hydrogens is 236 g/mol. The Balaban J connectivity index is 4.23. The Kier molecular flexibility index (Phi) is 6.15. The van der Waals surface area contributed by atoms with Crippen LogP contribution in [0.1, 0.15) is 0 Å². The van der Waals surface area contributed by atoms with Crippen LogP contribution in [0, 0.1) is 0 Å². The highest BCUT2D eigenvalue weighted by Gasteiger charge is 2.37. The molecule has 0 amide bonds. The lowest BCUT2D eigenvalue weighted by Gasteiger charge is -2.15. The average Bonchev–Trinajstić information content (AvgIpc) is 2.11. The highest BCUT2D eigenvalue weighted by atomic mass is 31.2. The minimum atomic E-state index is -4.94. The Labute approximate surface area is 85.3 Å². The molecular formula is C7H8F3O4P. The predicted octanol–water partition coefficient (Wildman–Crippen LogP) is 2.68. The monoisotopic (exact) mass is 244 g/mol. The van der Waals surface area contributed by atoms with Gasteiger partial charge in [-0.2, -0.15) is 0 Å². The van der Waals surface area contributed by atoms with Gasteiger partial charge in [-0.3, -0.25) is 4.52 Å². The molecule has 1 unspecified atom stereocenters. The quantitative estimate of drug-likeness (QED) is 0.409. The highest BCUT2D eigenvalue weighted by Crippen LogP contribution is 2.45. The summed E-state index contributed by atoms with van der Waals surface area (Å²) in [5.74, 6) is -1.06. The van der Waals surface area contributed by atoms with E-state index < -0.39 is 20.9 Å². The molecule has 0 aromatic rings. The van der Waals surface area contributed by atoms with E-state index in [1.54, 1.807) is 0 Å². The molecule has 0 aliphatic carbocycles. The molecule has 0 aromatic carbocycles. The third-order valence-corrected chi connectivity index (χ3v) is 1.85. The van der Waals surface area contributed by atoms with Crippen LogP contribution < -0.4 is 0 Å². The molecule has 15 heavy (non-hydrogen) atoms. The van der Waals surface area contributed by atoms with E-state index in [9.17, 15) is 18.0 Å². The second kappa shape index (κ2) is 6.55. The molecule has 0 fully saturated rings. The van der Waals surface area contributed by atoms with Crippen molar-refractivity contribution in [2.45, 2.75) is 6.36 Å². The van der Waals surface area contributed by atoms with E-state index in [1.807, 2.05) is 0 Å². The van der Waals surface area contributed by atoms with Gasteiger partial charge in [0.1, 0.15) is 0 Å². The number of carbonyl (C=O) groups is 1. The maximum Gasteiger partial charge on any atom is 0.530 e. The van der Waals surface area contributed by atoms with Gasteiger partial charge in [0.25, 0.3) is 0 Å². The molecule has 0 saturated heterocycles. The van der Waals surface area contributed by atoms with Crippen LogP contribution in [0.25, 0.3) is 0 Å². The number of hydrogen-bond acceptors (Lipinski definition) is 4. The van der Waals surface area contributed by atoms with Crippen LogP contribution in [-0.4, -0.2) is 18.9 Å². The van der Waals surface area contributed by atoms with Crippen molar-refractivity contribution < 1.29 is 31.5 Å². The van der Waals surface area contributed by atoms with Gasteiger partial charge < -0.3 is 4.52 Å². The largest absolute Gasteiger partial charge is 0.530 e. The average molecular weight is 244 g/mol. The van der Waals surface area contributed by atoms with Crippen LogP contribution in [0.4, 0.5) is 13.2 Å². The minimum Gasteiger partial charge on any atom is -0.391 e. The zero-order chi connectivity index (χ0) is 11.9. The van der Waals surface area contributed by atoms with Gasteiger partial charge in [0, 0.05) is 6.08 Å². The van der Waals surface area contributed by atoms with Crippen molar-refractivity contribution in [1.29, 1.82) is 0 Å². The molecule has 0 aromatic heterocycles. The van der Waals surface area contributed by atoms with Crippen molar-refractivity contribution in [3.05, 3.63) is 25.3 Å². The van der Waals surface area contributed by atoms with Crippen LogP contribution in [-0.2, 0) is 18.4 Å². The SMILES string of the molecule is C=CCOP(OC(=O)C=C)OC(F)(F)F. The van der Waals surface area contributed by atoms with Gasteiger partial charge >= 0.3 is 20.9 Å². The second-order valence-corrected chi connectivity index (χ2v) is 3.03. The zero-order valence-corrected chi connectivity index (χ0v) is 8.38. The first kappa shape index (κ1) is 14.1. The van der Waals surface area contributed by atoms with E-state index in [1.165, 1.54) is 6.08 Å². The zero-order valence-electron chi connectivity index (χ0n) is 7.49.